The fourth-order valence-corrected chi connectivity index (χ4v) is 3.79. The molecule has 0 fully saturated rings. The number of rotatable bonds is 7. The molecule has 0 radical (unpaired) electrons. The summed E-state index contributed by atoms with van der Waals surface area (Å²) in [5, 5.41) is 9.61. The average Bonchev–Trinajstić information content (AvgIpc) is 2.72. The second kappa shape index (κ2) is 9.01. The zero-order valence-electron chi connectivity index (χ0n) is 15.1. The van der Waals surface area contributed by atoms with Crippen LogP contribution in [0.2, 0.25) is 5.15 Å². The first kappa shape index (κ1) is 20.7. The molecule has 0 aliphatic carbocycles. The highest BCUT2D eigenvalue weighted by molar-refractivity contribution is 7.89. The summed E-state index contributed by atoms with van der Waals surface area (Å²) in [5.74, 6) is -0.615. The number of hydrogen-bond donors (Lipinski definition) is 1. The summed E-state index contributed by atoms with van der Waals surface area (Å²) in [6.45, 7) is -0.0472. The van der Waals surface area contributed by atoms with E-state index in [0.717, 1.165) is 10.9 Å². The minimum atomic E-state index is -3.74. The Kier molecular flexibility index (Phi) is 6.44. The number of carbonyl (C=O) groups is 1. The van der Waals surface area contributed by atoms with Crippen LogP contribution in [0.1, 0.15) is 22.3 Å². The molecular weight excluding hydrogens is 414 g/mol. The molecule has 0 amide bonds. The van der Waals surface area contributed by atoms with E-state index in [1.165, 1.54) is 24.3 Å². The highest BCUT2D eigenvalue weighted by Gasteiger charge is 2.15. The highest BCUT2D eigenvalue weighted by atomic mass is 35.5. The number of benzene rings is 2. The van der Waals surface area contributed by atoms with Crippen LogP contribution in [0, 0.1) is 11.3 Å². The highest BCUT2D eigenvalue weighted by Crippen LogP contribution is 2.21. The van der Waals surface area contributed by atoms with Crippen LogP contribution in [0.3, 0.4) is 0 Å². The largest absolute Gasteiger partial charge is 0.457 e. The summed E-state index contributed by atoms with van der Waals surface area (Å²) >= 11 is 6.16. The number of fused-ring (bicyclic) bond motifs is 1. The van der Waals surface area contributed by atoms with Gasteiger partial charge in [0.05, 0.1) is 22.0 Å². The van der Waals surface area contributed by atoms with Crippen LogP contribution in [0.15, 0.2) is 59.5 Å². The molecule has 1 aromatic heterocycles. The molecule has 0 aliphatic rings. The molecule has 7 nitrogen and oxygen atoms in total. The molecule has 2 aromatic carbocycles. The van der Waals surface area contributed by atoms with E-state index < -0.39 is 16.0 Å². The third-order valence-electron chi connectivity index (χ3n) is 4.04. The van der Waals surface area contributed by atoms with Gasteiger partial charge >= 0.3 is 5.97 Å². The Morgan fingerprint density at radius 1 is 1.17 bits per heavy atom. The summed E-state index contributed by atoms with van der Waals surface area (Å²) in [6, 6.07) is 16.4. The van der Waals surface area contributed by atoms with E-state index in [9.17, 15) is 13.2 Å². The SMILES string of the molecule is N#CCCNS(=O)(=O)c1ccc(C(=O)OCc2cc3ccccc3nc2Cl)cc1. The lowest BCUT2D eigenvalue weighted by molar-refractivity contribution is 0.0472. The maximum atomic E-state index is 12.3. The van der Waals surface area contributed by atoms with Crippen LogP contribution in [-0.4, -0.2) is 25.9 Å². The Bertz CT molecular complexity index is 1190. The fraction of sp³-hybridized carbons (Fsp3) is 0.150. The number of hydrogen-bond acceptors (Lipinski definition) is 6. The first-order chi connectivity index (χ1) is 13.9. The lowest BCUT2D eigenvalue weighted by Crippen LogP contribution is -2.24. The summed E-state index contributed by atoms with van der Waals surface area (Å²) in [6.07, 6.45) is 0.0653. The van der Waals surface area contributed by atoms with Gasteiger partial charge in [0.25, 0.3) is 0 Å². The minimum absolute atomic E-state index is 0.00577. The van der Waals surface area contributed by atoms with Crippen LogP contribution in [0.5, 0.6) is 0 Å². The van der Waals surface area contributed by atoms with E-state index >= 15 is 0 Å². The third kappa shape index (κ3) is 5.09. The lowest BCUT2D eigenvalue weighted by atomic mass is 10.1. The predicted molar refractivity (Wildman–Crippen MR) is 108 cm³/mol. The number of nitriles is 1. The molecule has 148 valence electrons. The summed E-state index contributed by atoms with van der Waals surface area (Å²) in [7, 11) is -3.74. The molecule has 0 saturated heterocycles. The molecule has 1 N–H and O–H groups in total. The van der Waals surface area contributed by atoms with Gasteiger partial charge in [0.1, 0.15) is 11.8 Å². The Balaban J connectivity index is 1.67. The van der Waals surface area contributed by atoms with Crippen molar-refractivity contribution in [2.24, 2.45) is 0 Å². The minimum Gasteiger partial charge on any atom is -0.457 e. The molecule has 0 unspecified atom stereocenters. The van der Waals surface area contributed by atoms with Crippen LogP contribution >= 0.6 is 11.6 Å². The molecule has 29 heavy (non-hydrogen) atoms. The topological polar surface area (TPSA) is 109 Å². The first-order valence-electron chi connectivity index (χ1n) is 8.59. The average molecular weight is 430 g/mol. The van der Waals surface area contributed by atoms with Gasteiger partial charge in [-0.1, -0.05) is 29.8 Å². The molecule has 9 heteroatoms. The number of nitrogens with one attached hydrogen (secondary N) is 1. The first-order valence-corrected chi connectivity index (χ1v) is 10.4. The van der Waals surface area contributed by atoms with Crippen molar-refractivity contribution in [1.29, 1.82) is 5.26 Å². The van der Waals surface area contributed by atoms with Crippen molar-refractivity contribution in [3.05, 3.63) is 70.9 Å². The zero-order valence-corrected chi connectivity index (χ0v) is 16.7. The van der Waals surface area contributed by atoms with E-state index in [0.29, 0.717) is 5.56 Å². The van der Waals surface area contributed by atoms with Gasteiger partial charge in [0, 0.05) is 23.9 Å². The molecule has 0 aliphatic heterocycles. The number of carbonyl (C=O) groups excluding carboxylic acids is 1. The van der Waals surface area contributed by atoms with Crippen molar-refractivity contribution in [2.75, 3.05) is 6.54 Å². The Hall–Kier alpha value is -2.99. The van der Waals surface area contributed by atoms with Gasteiger partial charge in [-0.15, -0.1) is 0 Å². The standard InChI is InChI=1S/C20H16ClN3O4S/c21-19-16(12-15-4-1-2-5-18(15)24-19)13-28-20(25)14-6-8-17(9-7-14)29(26,27)23-11-3-10-22/h1-2,4-9,12,23H,3,11,13H2. The quantitative estimate of drug-likeness (QED) is 0.350. The molecule has 0 atom stereocenters. The van der Waals surface area contributed by atoms with Crippen LogP contribution < -0.4 is 4.72 Å². The van der Waals surface area contributed by atoms with E-state index in [1.54, 1.807) is 6.07 Å². The molecule has 1 heterocycles. The van der Waals surface area contributed by atoms with Gasteiger partial charge in [-0.2, -0.15) is 5.26 Å². The van der Waals surface area contributed by atoms with Gasteiger partial charge in [-0.05, 0) is 36.4 Å². The monoisotopic (exact) mass is 429 g/mol. The number of aromatic nitrogens is 1. The van der Waals surface area contributed by atoms with Crippen molar-refractivity contribution in [1.82, 2.24) is 9.71 Å². The van der Waals surface area contributed by atoms with Crippen LogP contribution in [0.25, 0.3) is 10.9 Å². The normalized spacial score (nSPS) is 11.2. The number of ether oxygens (including phenoxy) is 1. The molecule has 0 bridgehead atoms. The van der Waals surface area contributed by atoms with E-state index in [2.05, 4.69) is 9.71 Å². The zero-order chi connectivity index (χ0) is 20.9. The maximum Gasteiger partial charge on any atom is 0.338 e. The van der Waals surface area contributed by atoms with Crippen LogP contribution in [0.4, 0.5) is 0 Å². The lowest BCUT2D eigenvalue weighted by Gasteiger charge is -2.09. The smallest absolute Gasteiger partial charge is 0.338 e. The number of halogens is 1. The van der Waals surface area contributed by atoms with E-state index in [1.807, 2.05) is 30.3 Å². The van der Waals surface area contributed by atoms with Crippen molar-refractivity contribution >= 4 is 38.5 Å². The number of nitrogens with zero attached hydrogens (tertiary/aromatic N) is 2. The summed E-state index contributed by atoms with van der Waals surface area (Å²) in [5.41, 5.74) is 1.51. The van der Waals surface area contributed by atoms with E-state index in [4.69, 9.17) is 21.6 Å². The van der Waals surface area contributed by atoms with Crippen LogP contribution in [-0.2, 0) is 21.4 Å². The number of pyridine rings is 1. The Morgan fingerprint density at radius 3 is 2.62 bits per heavy atom. The molecule has 3 aromatic rings. The van der Waals surface area contributed by atoms with Gasteiger partial charge < -0.3 is 4.74 Å². The van der Waals surface area contributed by atoms with Crippen molar-refractivity contribution in [3.63, 3.8) is 0 Å². The van der Waals surface area contributed by atoms with Crippen molar-refractivity contribution in [2.45, 2.75) is 17.9 Å². The Morgan fingerprint density at radius 2 is 1.90 bits per heavy atom. The predicted octanol–water partition coefficient (Wildman–Crippen LogP) is 3.44. The fourth-order valence-electron chi connectivity index (χ4n) is 2.56. The van der Waals surface area contributed by atoms with Gasteiger partial charge in [0.2, 0.25) is 10.0 Å². The second-order valence-electron chi connectivity index (χ2n) is 6.04. The molecule has 0 spiro atoms. The van der Waals surface area contributed by atoms with Gasteiger partial charge in [-0.3, -0.25) is 0 Å². The van der Waals surface area contributed by atoms with Gasteiger partial charge in [0.15, 0.2) is 0 Å². The second-order valence-corrected chi connectivity index (χ2v) is 8.16. The van der Waals surface area contributed by atoms with E-state index in [-0.39, 0.29) is 35.2 Å². The molecule has 3 rings (SSSR count). The van der Waals surface area contributed by atoms with Crippen molar-refractivity contribution < 1.29 is 17.9 Å². The summed E-state index contributed by atoms with van der Waals surface area (Å²) in [4.78, 5) is 16.5. The van der Waals surface area contributed by atoms with Crippen molar-refractivity contribution in [3.8, 4) is 6.07 Å². The number of sulfonamides is 1. The molecular formula is C20H16ClN3O4S. The molecule has 0 saturated carbocycles. The summed E-state index contributed by atoms with van der Waals surface area (Å²) < 4.78 is 31.8. The third-order valence-corrected chi connectivity index (χ3v) is 5.84. The number of para-hydroxylation sites is 1. The number of esters is 1. The van der Waals surface area contributed by atoms with Gasteiger partial charge in [-0.25, -0.2) is 22.9 Å². The maximum absolute atomic E-state index is 12.3. The Labute approximate surface area is 172 Å².